The molecule has 3 N–H and O–H groups in total. The number of amides is 1. The zero-order valence-corrected chi connectivity index (χ0v) is 14.3. The number of halogens is 3. The first-order chi connectivity index (χ1) is 11.4. The number of carbonyl (C=O) groups is 1. The summed E-state index contributed by atoms with van der Waals surface area (Å²) in [4.78, 5) is 12.0. The average molecular weight is 354 g/mol. The smallest absolute Gasteiger partial charge is 0.275 e. The predicted molar refractivity (Wildman–Crippen MR) is 89.6 cm³/mol. The van der Waals surface area contributed by atoms with Crippen LogP contribution in [0.1, 0.15) is 37.1 Å². The van der Waals surface area contributed by atoms with Gasteiger partial charge in [-0.2, -0.15) is 0 Å². The molecule has 0 heterocycles. The molecule has 1 amide bonds. The van der Waals surface area contributed by atoms with Crippen molar-refractivity contribution in [2.45, 2.75) is 25.9 Å². The van der Waals surface area contributed by atoms with Gasteiger partial charge in [-0.15, -0.1) is 0 Å². The van der Waals surface area contributed by atoms with E-state index in [2.05, 4.69) is 5.32 Å². The van der Waals surface area contributed by atoms with E-state index in [1.165, 1.54) is 12.1 Å². The molecule has 2 atom stereocenters. The van der Waals surface area contributed by atoms with Crippen molar-refractivity contribution < 1.29 is 18.9 Å². The van der Waals surface area contributed by atoms with E-state index in [0.29, 0.717) is 10.6 Å². The van der Waals surface area contributed by atoms with Crippen LogP contribution < -0.4 is 10.6 Å². The molecule has 2 rings (SSSR count). The van der Waals surface area contributed by atoms with Crippen LogP contribution in [0.5, 0.6) is 0 Å². The molecule has 2 aromatic carbocycles. The summed E-state index contributed by atoms with van der Waals surface area (Å²) in [6.45, 7) is 3.80. The minimum Gasteiger partial charge on any atom is -0.345 e. The maximum Gasteiger partial charge on any atom is 0.275 e. The molecule has 6 heteroatoms. The van der Waals surface area contributed by atoms with E-state index in [9.17, 15) is 13.6 Å². The lowest BCUT2D eigenvalue weighted by Gasteiger charge is -2.16. The van der Waals surface area contributed by atoms with Gasteiger partial charge in [0.2, 0.25) is 0 Å². The third-order valence-corrected chi connectivity index (χ3v) is 4.11. The maximum atomic E-state index is 13.7. The number of nitrogens with two attached hydrogens (primary N) is 1. The van der Waals surface area contributed by atoms with Crippen LogP contribution in [0.3, 0.4) is 0 Å². The summed E-state index contributed by atoms with van der Waals surface area (Å²) >= 11 is 5.84. The summed E-state index contributed by atoms with van der Waals surface area (Å²) in [6.07, 6.45) is 0. The van der Waals surface area contributed by atoms with Gasteiger partial charge < -0.3 is 10.6 Å². The maximum absolute atomic E-state index is 13.7. The van der Waals surface area contributed by atoms with Crippen LogP contribution in [0, 0.1) is 11.6 Å². The lowest BCUT2D eigenvalue weighted by atomic mass is 10.1. The first kappa shape index (κ1) is 18.4. The lowest BCUT2D eigenvalue weighted by Crippen LogP contribution is -2.87. The van der Waals surface area contributed by atoms with Crippen LogP contribution in [0.4, 0.5) is 8.78 Å². The van der Waals surface area contributed by atoms with Crippen molar-refractivity contribution >= 4 is 17.5 Å². The van der Waals surface area contributed by atoms with Crippen LogP contribution in [-0.2, 0) is 4.79 Å². The average Bonchev–Trinajstić information content (AvgIpc) is 2.53. The van der Waals surface area contributed by atoms with Crippen molar-refractivity contribution in [2.24, 2.45) is 0 Å². The summed E-state index contributed by atoms with van der Waals surface area (Å²) in [5, 5.41) is 5.23. The van der Waals surface area contributed by atoms with Crippen molar-refractivity contribution in [1.82, 2.24) is 5.32 Å². The number of quaternary nitrogens is 1. The molecule has 0 bridgehead atoms. The lowest BCUT2D eigenvalue weighted by molar-refractivity contribution is -0.682. The summed E-state index contributed by atoms with van der Waals surface area (Å²) in [6, 6.07) is 10.3. The number of rotatable bonds is 6. The highest BCUT2D eigenvalue weighted by molar-refractivity contribution is 6.30. The van der Waals surface area contributed by atoms with Crippen LogP contribution in [0.25, 0.3) is 0 Å². The molecule has 0 aliphatic rings. The second-order valence-corrected chi connectivity index (χ2v) is 6.17. The third kappa shape index (κ3) is 5.01. The first-order valence-corrected chi connectivity index (χ1v) is 8.07. The van der Waals surface area contributed by atoms with Crippen molar-refractivity contribution in [3.8, 4) is 0 Å². The second-order valence-electron chi connectivity index (χ2n) is 5.74. The highest BCUT2D eigenvalue weighted by atomic mass is 35.5. The largest absolute Gasteiger partial charge is 0.345 e. The van der Waals surface area contributed by atoms with Crippen molar-refractivity contribution in [3.63, 3.8) is 0 Å². The fourth-order valence-corrected chi connectivity index (χ4v) is 2.54. The number of benzene rings is 2. The molecule has 0 fully saturated rings. The molecule has 24 heavy (non-hydrogen) atoms. The Morgan fingerprint density at radius 1 is 1.17 bits per heavy atom. The Hall–Kier alpha value is -1.98. The fourth-order valence-electron chi connectivity index (χ4n) is 2.42. The molecule has 0 saturated heterocycles. The fraction of sp³-hybridized carbons (Fsp3) is 0.278. The van der Waals surface area contributed by atoms with Gasteiger partial charge in [-0.25, -0.2) is 8.78 Å². The van der Waals surface area contributed by atoms with Crippen LogP contribution in [-0.4, -0.2) is 12.5 Å². The van der Waals surface area contributed by atoms with Crippen LogP contribution >= 0.6 is 11.6 Å². The Morgan fingerprint density at radius 3 is 2.46 bits per heavy atom. The van der Waals surface area contributed by atoms with E-state index in [0.717, 1.165) is 11.6 Å². The second kappa shape index (κ2) is 8.22. The predicted octanol–water partition coefficient (Wildman–Crippen LogP) is 3.12. The molecule has 3 nitrogen and oxygen atoms in total. The van der Waals surface area contributed by atoms with Gasteiger partial charge >= 0.3 is 0 Å². The highest BCUT2D eigenvalue weighted by Gasteiger charge is 2.17. The van der Waals surface area contributed by atoms with Gasteiger partial charge in [0, 0.05) is 16.7 Å². The van der Waals surface area contributed by atoms with E-state index < -0.39 is 11.6 Å². The van der Waals surface area contributed by atoms with Crippen LogP contribution in [0.2, 0.25) is 5.02 Å². The monoisotopic (exact) mass is 353 g/mol. The van der Waals surface area contributed by atoms with Gasteiger partial charge in [0.15, 0.2) is 6.54 Å². The highest BCUT2D eigenvalue weighted by Crippen LogP contribution is 2.16. The molecular weight excluding hydrogens is 334 g/mol. The SMILES string of the molecule is C[C@H](NC(=O)C[NH2+][C@@H](C)c1ccc(F)cc1F)c1ccc(Cl)cc1. The van der Waals surface area contributed by atoms with Gasteiger partial charge in [0.25, 0.3) is 5.91 Å². The summed E-state index contributed by atoms with van der Waals surface area (Å²) < 4.78 is 26.7. The number of nitrogens with one attached hydrogen (secondary N) is 1. The first-order valence-electron chi connectivity index (χ1n) is 7.70. The van der Waals surface area contributed by atoms with Crippen molar-refractivity contribution in [3.05, 3.63) is 70.2 Å². The van der Waals surface area contributed by atoms with Crippen molar-refractivity contribution in [2.75, 3.05) is 6.54 Å². The van der Waals surface area contributed by atoms with Gasteiger partial charge in [-0.05, 0) is 43.7 Å². The minimum absolute atomic E-state index is 0.149. The molecular formula is C18H20ClF2N2O+. The summed E-state index contributed by atoms with van der Waals surface area (Å²) in [7, 11) is 0. The number of hydrogen-bond donors (Lipinski definition) is 2. The van der Waals surface area contributed by atoms with E-state index in [1.807, 2.05) is 19.1 Å². The normalized spacial score (nSPS) is 13.4. The molecule has 0 radical (unpaired) electrons. The number of carbonyl (C=O) groups excluding carboxylic acids is 1. The topological polar surface area (TPSA) is 45.7 Å². The van der Waals surface area contributed by atoms with Crippen LogP contribution in [0.15, 0.2) is 42.5 Å². The van der Waals surface area contributed by atoms with E-state index in [-0.39, 0.29) is 24.5 Å². The molecule has 0 aromatic heterocycles. The zero-order chi connectivity index (χ0) is 17.7. The Morgan fingerprint density at radius 2 is 1.83 bits per heavy atom. The van der Waals surface area contributed by atoms with E-state index in [1.54, 1.807) is 24.4 Å². The third-order valence-electron chi connectivity index (χ3n) is 3.86. The molecule has 0 aliphatic carbocycles. The molecule has 128 valence electrons. The summed E-state index contributed by atoms with van der Waals surface area (Å²) in [5.74, 6) is -1.38. The van der Waals surface area contributed by atoms with E-state index >= 15 is 0 Å². The Labute approximate surface area is 145 Å². The van der Waals surface area contributed by atoms with Gasteiger partial charge in [-0.1, -0.05) is 23.7 Å². The molecule has 0 aliphatic heterocycles. The number of hydrogen-bond acceptors (Lipinski definition) is 1. The van der Waals surface area contributed by atoms with Crippen molar-refractivity contribution in [1.29, 1.82) is 0 Å². The summed E-state index contributed by atoms with van der Waals surface area (Å²) in [5.41, 5.74) is 1.32. The Bertz CT molecular complexity index is 707. The molecule has 0 spiro atoms. The minimum atomic E-state index is -0.613. The Balaban J connectivity index is 1.87. The van der Waals surface area contributed by atoms with Gasteiger partial charge in [-0.3, -0.25) is 4.79 Å². The molecule has 2 aromatic rings. The quantitative estimate of drug-likeness (QED) is 0.823. The zero-order valence-electron chi connectivity index (χ0n) is 13.5. The molecule has 0 saturated carbocycles. The molecule has 0 unspecified atom stereocenters. The Kier molecular flexibility index (Phi) is 6.29. The standard InChI is InChI=1S/C18H19ClF2N2O/c1-11(13-3-5-14(19)6-4-13)23-18(24)10-22-12(2)16-8-7-15(20)9-17(16)21/h3-9,11-12,22H,10H2,1-2H3,(H,23,24)/p+1/t11-,12-/m0/s1. The van der Waals surface area contributed by atoms with Gasteiger partial charge in [0.1, 0.15) is 17.7 Å². The van der Waals surface area contributed by atoms with E-state index in [4.69, 9.17) is 11.6 Å². The van der Waals surface area contributed by atoms with Gasteiger partial charge in [0.05, 0.1) is 6.04 Å².